The van der Waals surface area contributed by atoms with Crippen molar-refractivity contribution in [3.05, 3.63) is 29.3 Å². The van der Waals surface area contributed by atoms with Crippen LogP contribution in [0.25, 0.3) is 11.4 Å². The summed E-state index contributed by atoms with van der Waals surface area (Å²) in [6.07, 6.45) is 4.90. The molecule has 0 saturated carbocycles. The molecule has 0 bridgehead atoms. The van der Waals surface area contributed by atoms with Crippen LogP contribution in [0.1, 0.15) is 13.3 Å². The number of ether oxygens (including phenoxy) is 1. The van der Waals surface area contributed by atoms with Gasteiger partial charge in [0.05, 0.1) is 6.10 Å². The Morgan fingerprint density at radius 3 is 3.16 bits per heavy atom. The Morgan fingerprint density at radius 1 is 1.58 bits per heavy atom. The Morgan fingerprint density at radius 2 is 2.47 bits per heavy atom. The number of aromatic amines is 1. The number of hydrogen-bond acceptors (Lipinski definition) is 4. The quantitative estimate of drug-likeness (QED) is 0.875. The van der Waals surface area contributed by atoms with Gasteiger partial charge in [-0.25, -0.2) is 0 Å². The van der Waals surface area contributed by atoms with Crippen LogP contribution in [0.3, 0.4) is 0 Å². The lowest BCUT2D eigenvalue weighted by molar-refractivity contribution is 0.102. The standard InChI is InChI=1S/C13H16N4OS/c1-9-11(4-6-18-9)8-17-12(15-16-13(17)19)10-3-2-5-14-7-10/h2-3,5,7,9,11H,4,6,8H2,1H3,(H,16,19). The summed E-state index contributed by atoms with van der Waals surface area (Å²) in [6, 6.07) is 3.89. The molecule has 6 heteroatoms. The van der Waals surface area contributed by atoms with Crippen LogP contribution in [0, 0.1) is 10.7 Å². The van der Waals surface area contributed by atoms with E-state index in [0.29, 0.717) is 10.7 Å². The summed E-state index contributed by atoms with van der Waals surface area (Å²) in [4.78, 5) is 4.13. The normalized spacial score (nSPS) is 22.8. The number of hydrogen-bond donors (Lipinski definition) is 1. The first kappa shape index (κ1) is 12.5. The minimum atomic E-state index is 0.276. The van der Waals surface area contributed by atoms with Gasteiger partial charge >= 0.3 is 0 Å². The summed E-state index contributed by atoms with van der Waals surface area (Å²) in [5.41, 5.74) is 0.974. The van der Waals surface area contributed by atoms with E-state index in [4.69, 9.17) is 17.0 Å². The average Bonchev–Trinajstić information content (AvgIpc) is 2.99. The second-order valence-corrected chi connectivity index (χ2v) is 5.22. The molecule has 2 aromatic rings. The van der Waals surface area contributed by atoms with Crippen LogP contribution in [-0.2, 0) is 11.3 Å². The van der Waals surface area contributed by atoms with Crippen LogP contribution < -0.4 is 0 Å². The van der Waals surface area contributed by atoms with Gasteiger partial charge in [0.1, 0.15) is 0 Å². The molecule has 1 fully saturated rings. The molecule has 1 N–H and O–H groups in total. The Labute approximate surface area is 116 Å². The lowest BCUT2D eigenvalue weighted by Gasteiger charge is -2.15. The largest absolute Gasteiger partial charge is 0.378 e. The van der Waals surface area contributed by atoms with E-state index in [1.165, 1.54) is 0 Å². The van der Waals surface area contributed by atoms with Crippen molar-refractivity contribution < 1.29 is 4.74 Å². The monoisotopic (exact) mass is 276 g/mol. The Bertz CT molecular complexity index is 607. The lowest BCUT2D eigenvalue weighted by Crippen LogP contribution is -2.18. The summed E-state index contributed by atoms with van der Waals surface area (Å²) < 4.78 is 8.30. The van der Waals surface area contributed by atoms with Crippen LogP contribution in [0.2, 0.25) is 0 Å². The molecule has 0 aliphatic carbocycles. The zero-order chi connectivity index (χ0) is 13.2. The molecule has 2 unspecified atom stereocenters. The summed E-state index contributed by atoms with van der Waals surface area (Å²) in [6.45, 7) is 3.78. The van der Waals surface area contributed by atoms with E-state index in [-0.39, 0.29) is 6.10 Å². The van der Waals surface area contributed by atoms with Crippen LogP contribution >= 0.6 is 12.2 Å². The van der Waals surface area contributed by atoms with E-state index >= 15 is 0 Å². The van der Waals surface area contributed by atoms with Gasteiger partial charge in [0.25, 0.3) is 0 Å². The van der Waals surface area contributed by atoms with Crippen molar-refractivity contribution in [1.29, 1.82) is 0 Å². The third-order valence-corrected chi connectivity index (χ3v) is 3.94. The highest BCUT2D eigenvalue weighted by molar-refractivity contribution is 7.71. The molecule has 1 aliphatic heterocycles. The first-order valence-corrected chi connectivity index (χ1v) is 6.83. The molecule has 1 aliphatic rings. The number of nitrogens with zero attached hydrogens (tertiary/aromatic N) is 3. The van der Waals surface area contributed by atoms with Crippen molar-refractivity contribution in [2.24, 2.45) is 5.92 Å². The molecule has 0 aromatic carbocycles. The number of rotatable bonds is 3. The fourth-order valence-corrected chi connectivity index (χ4v) is 2.66. The van der Waals surface area contributed by atoms with Crippen LogP contribution in [-0.4, -0.2) is 32.5 Å². The van der Waals surface area contributed by atoms with Gasteiger partial charge < -0.3 is 4.74 Å². The molecule has 2 atom stereocenters. The topological polar surface area (TPSA) is 55.7 Å². The van der Waals surface area contributed by atoms with Crippen molar-refractivity contribution in [2.75, 3.05) is 6.61 Å². The first-order valence-electron chi connectivity index (χ1n) is 6.43. The molecule has 100 valence electrons. The molecular formula is C13H16N4OS. The average molecular weight is 276 g/mol. The summed E-state index contributed by atoms with van der Waals surface area (Å²) >= 11 is 5.33. The van der Waals surface area contributed by atoms with Crippen molar-refractivity contribution in [1.82, 2.24) is 19.7 Å². The maximum atomic E-state index is 5.61. The number of aromatic nitrogens is 4. The number of nitrogens with one attached hydrogen (secondary N) is 1. The second kappa shape index (κ2) is 5.22. The molecule has 2 aromatic heterocycles. The third kappa shape index (κ3) is 2.46. The number of pyridine rings is 1. The van der Waals surface area contributed by atoms with E-state index in [1.54, 1.807) is 12.4 Å². The highest BCUT2D eigenvalue weighted by Crippen LogP contribution is 2.25. The van der Waals surface area contributed by atoms with E-state index in [2.05, 4.69) is 22.1 Å². The predicted molar refractivity (Wildman–Crippen MR) is 74.2 cm³/mol. The molecule has 3 rings (SSSR count). The van der Waals surface area contributed by atoms with Gasteiger partial charge in [-0.3, -0.25) is 14.6 Å². The molecule has 19 heavy (non-hydrogen) atoms. The SMILES string of the molecule is CC1OCCC1Cn1c(-c2cccnc2)n[nH]c1=S. The maximum Gasteiger partial charge on any atom is 0.195 e. The van der Waals surface area contributed by atoms with E-state index in [9.17, 15) is 0 Å². The van der Waals surface area contributed by atoms with Crippen molar-refractivity contribution in [2.45, 2.75) is 26.0 Å². The summed E-state index contributed by atoms with van der Waals surface area (Å²) in [5, 5.41) is 7.19. The fraction of sp³-hybridized carbons (Fsp3) is 0.462. The van der Waals surface area contributed by atoms with Gasteiger partial charge in [-0.1, -0.05) is 0 Å². The zero-order valence-electron chi connectivity index (χ0n) is 10.7. The Hall–Kier alpha value is -1.53. The van der Waals surface area contributed by atoms with Crippen LogP contribution in [0.15, 0.2) is 24.5 Å². The summed E-state index contributed by atoms with van der Waals surface area (Å²) in [5.74, 6) is 1.33. The second-order valence-electron chi connectivity index (χ2n) is 4.83. The summed E-state index contributed by atoms with van der Waals surface area (Å²) in [7, 11) is 0. The molecule has 0 spiro atoms. The first-order chi connectivity index (χ1) is 9.25. The van der Waals surface area contributed by atoms with Crippen LogP contribution in [0.5, 0.6) is 0 Å². The van der Waals surface area contributed by atoms with Gasteiger partial charge in [0, 0.05) is 37.0 Å². The lowest BCUT2D eigenvalue weighted by atomic mass is 10.0. The molecule has 5 nitrogen and oxygen atoms in total. The number of H-pyrrole nitrogens is 1. The predicted octanol–water partition coefficient (Wildman–Crippen LogP) is 2.43. The van der Waals surface area contributed by atoms with Gasteiger partial charge in [-0.05, 0) is 37.7 Å². The van der Waals surface area contributed by atoms with E-state index < -0.39 is 0 Å². The highest BCUT2D eigenvalue weighted by atomic mass is 32.1. The van der Waals surface area contributed by atoms with Crippen LogP contribution in [0.4, 0.5) is 0 Å². The Balaban J connectivity index is 1.93. The van der Waals surface area contributed by atoms with Crippen molar-refractivity contribution >= 4 is 12.2 Å². The molecule has 1 saturated heterocycles. The van der Waals surface area contributed by atoms with E-state index in [0.717, 1.165) is 31.0 Å². The molecule has 0 amide bonds. The zero-order valence-corrected chi connectivity index (χ0v) is 11.6. The Kier molecular flexibility index (Phi) is 3.44. The van der Waals surface area contributed by atoms with Gasteiger partial charge in [0.2, 0.25) is 0 Å². The van der Waals surface area contributed by atoms with Gasteiger partial charge in [-0.2, -0.15) is 5.10 Å². The fourth-order valence-electron chi connectivity index (χ4n) is 2.45. The minimum absolute atomic E-state index is 0.276. The smallest absolute Gasteiger partial charge is 0.195 e. The highest BCUT2D eigenvalue weighted by Gasteiger charge is 2.25. The molecular weight excluding hydrogens is 260 g/mol. The van der Waals surface area contributed by atoms with Gasteiger partial charge in [-0.15, -0.1) is 0 Å². The third-order valence-electron chi connectivity index (χ3n) is 3.63. The maximum absolute atomic E-state index is 5.61. The minimum Gasteiger partial charge on any atom is -0.378 e. The van der Waals surface area contributed by atoms with Crippen molar-refractivity contribution in [3.63, 3.8) is 0 Å². The van der Waals surface area contributed by atoms with E-state index in [1.807, 2.05) is 16.7 Å². The molecule has 3 heterocycles. The van der Waals surface area contributed by atoms with Crippen molar-refractivity contribution in [3.8, 4) is 11.4 Å². The van der Waals surface area contributed by atoms with Gasteiger partial charge in [0.15, 0.2) is 10.6 Å². The molecule has 0 radical (unpaired) electrons.